The first-order valence-corrected chi connectivity index (χ1v) is 31.8. The predicted octanol–water partition coefficient (Wildman–Crippen LogP) is 18.8. The van der Waals surface area contributed by atoms with E-state index in [0.29, 0.717) is 17.4 Å². The molecule has 74 heavy (non-hydrogen) atoms. The van der Waals surface area contributed by atoms with Crippen LogP contribution in [0, 0.1) is 0 Å². The lowest BCUT2D eigenvalue weighted by atomic mass is 10.0. The summed E-state index contributed by atoms with van der Waals surface area (Å²) in [5.41, 5.74) is 0. The van der Waals surface area contributed by atoms with Gasteiger partial charge in [-0.15, -0.1) is 0 Å². The minimum absolute atomic E-state index is 0.0493. The number of likely N-dealkylation sites (N-methyl/N-ethyl adjacent to an activating group) is 1. The Morgan fingerprint density at radius 3 is 1.24 bits per heavy atom. The van der Waals surface area contributed by atoms with Crippen LogP contribution in [0.5, 0.6) is 0 Å². The van der Waals surface area contributed by atoms with Crippen LogP contribution in [0.15, 0.2) is 109 Å². The number of phosphoric ester groups is 1. The van der Waals surface area contributed by atoms with Gasteiger partial charge in [-0.3, -0.25) is 13.8 Å². The molecule has 0 heterocycles. The molecule has 3 N–H and O–H groups in total. The number of phosphoric acid groups is 1. The summed E-state index contributed by atoms with van der Waals surface area (Å²) < 4.78 is 23.7. The van der Waals surface area contributed by atoms with Gasteiger partial charge in [0.15, 0.2) is 0 Å². The molecular formula is C65H116N2O6P+. The second kappa shape index (κ2) is 54.9. The molecular weight excluding hydrogens is 936 g/mol. The van der Waals surface area contributed by atoms with Crippen LogP contribution in [0.3, 0.4) is 0 Å². The monoisotopic (exact) mass is 1050 g/mol. The average Bonchev–Trinajstić information content (AvgIpc) is 3.36. The first kappa shape index (κ1) is 71.2. The second-order valence-corrected chi connectivity index (χ2v) is 22.8. The van der Waals surface area contributed by atoms with Crippen molar-refractivity contribution in [3.05, 3.63) is 109 Å². The van der Waals surface area contributed by atoms with Crippen molar-refractivity contribution in [2.75, 3.05) is 40.9 Å². The van der Waals surface area contributed by atoms with E-state index in [1.165, 1.54) is 141 Å². The summed E-state index contributed by atoms with van der Waals surface area (Å²) in [6, 6.07) is -0.877. The van der Waals surface area contributed by atoms with Crippen LogP contribution in [-0.2, 0) is 18.4 Å². The standard InChI is InChI=1S/C65H115N2O6P/c1-6-8-10-12-14-16-18-20-22-24-26-27-28-29-30-31-32-33-34-35-36-37-38-39-41-43-45-47-49-51-53-55-57-59-65(69)66-63(62-73-74(70,71)72-61-60-67(3,4)5)64(68)58-56-54-52-50-48-46-44-42-40-25-23-21-19-17-15-13-11-9-7-2/h8,10,14,16,20,22,26-27,29-30,32-33,40,42,48,50,56,58,63-64,68H,6-7,9,11-13,15,17-19,21,23-25,28,31,34-39,41,43-47,49,51-55,57,59-62H2,1-5H3,(H-,66,69,70,71)/p+1/b10-8-,16-14-,22-20-,27-26-,30-29-,33-32-,42-40+,50-48+,58-56+. The van der Waals surface area contributed by atoms with Crippen LogP contribution in [0.25, 0.3) is 0 Å². The summed E-state index contributed by atoms with van der Waals surface area (Å²) in [6.45, 7) is 4.67. The highest BCUT2D eigenvalue weighted by Crippen LogP contribution is 2.43. The van der Waals surface area contributed by atoms with Gasteiger partial charge in [0.25, 0.3) is 0 Å². The summed E-state index contributed by atoms with van der Waals surface area (Å²) in [7, 11) is 1.54. The lowest BCUT2D eigenvalue weighted by Gasteiger charge is -2.25. The van der Waals surface area contributed by atoms with Crippen molar-refractivity contribution in [1.82, 2.24) is 5.32 Å². The molecule has 3 atom stereocenters. The number of unbranched alkanes of at least 4 members (excludes halogenated alkanes) is 25. The Hall–Kier alpha value is -2.84. The van der Waals surface area contributed by atoms with E-state index in [0.717, 1.165) is 83.5 Å². The molecule has 0 rings (SSSR count). The molecule has 0 aliphatic heterocycles. The van der Waals surface area contributed by atoms with Gasteiger partial charge in [-0.1, -0.05) is 252 Å². The number of nitrogens with one attached hydrogen (secondary N) is 1. The third kappa shape index (κ3) is 56.9. The minimum atomic E-state index is -4.37. The maximum Gasteiger partial charge on any atom is 0.472 e. The molecule has 0 fully saturated rings. The van der Waals surface area contributed by atoms with Gasteiger partial charge in [0.05, 0.1) is 39.9 Å². The maximum absolute atomic E-state index is 13.0. The van der Waals surface area contributed by atoms with Crippen LogP contribution >= 0.6 is 7.82 Å². The van der Waals surface area contributed by atoms with E-state index < -0.39 is 20.0 Å². The number of hydrogen-bond donors (Lipinski definition) is 3. The molecule has 0 aromatic heterocycles. The Morgan fingerprint density at radius 2 is 0.824 bits per heavy atom. The molecule has 9 heteroatoms. The number of rotatable bonds is 54. The van der Waals surface area contributed by atoms with E-state index in [4.69, 9.17) is 9.05 Å². The zero-order valence-corrected chi connectivity index (χ0v) is 49.4. The summed E-state index contributed by atoms with van der Waals surface area (Å²) in [5.74, 6) is -0.195. The second-order valence-electron chi connectivity index (χ2n) is 21.3. The van der Waals surface area contributed by atoms with Crippen LogP contribution < -0.4 is 5.32 Å². The number of aliphatic hydroxyl groups excluding tert-OH is 1. The quantitative estimate of drug-likeness (QED) is 0.0243. The topological polar surface area (TPSA) is 105 Å². The molecule has 0 spiro atoms. The van der Waals surface area contributed by atoms with Gasteiger partial charge in [-0.2, -0.15) is 0 Å². The summed E-state index contributed by atoms with van der Waals surface area (Å²) in [5, 5.41) is 13.9. The van der Waals surface area contributed by atoms with Crippen molar-refractivity contribution in [2.45, 2.75) is 257 Å². The minimum Gasteiger partial charge on any atom is -0.387 e. The maximum atomic E-state index is 13.0. The van der Waals surface area contributed by atoms with Crippen LogP contribution in [0.1, 0.15) is 245 Å². The van der Waals surface area contributed by atoms with E-state index >= 15 is 0 Å². The largest absolute Gasteiger partial charge is 0.472 e. The lowest BCUT2D eigenvalue weighted by Crippen LogP contribution is -2.45. The van der Waals surface area contributed by atoms with Gasteiger partial charge in [-0.25, -0.2) is 4.57 Å². The lowest BCUT2D eigenvalue weighted by molar-refractivity contribution is -0.870. The van der Waals surface area contributed by atoms with E-state index in [9.17, 15) is 19.4 Å². The van der Waals surface area contributed by atoms with Gasteiger partial charge in [0.2, 0.25) is 5.91 Å². The first-order valence-electron chi connectivity index (χ1n) is 30.3. The normalized spacial score (nSPS) is 14.6. The molecule has 8 nitrogen and oxygen atoms in total. The van der Waals surface area contributed by atoms with Crippen molar-refractivity contribution < 1.29 is 32.9 Å². The third-order valence-electron chi connectivity index (χ3n) is 13.0. The first-order chi connectivity index (χ1) is 36.0. The molecule has 0 bridgehead atoms. The van der Waals surface area contributed by atoms with E-state index in [1.807, 2.05) is 27.2 Å². The van der Waals surface area contributed by atoms with Gasteiger partial charge in [0, 0.05) is 6.42 Å². The van der Waals surface area contributed by atoms with Gasteiger partial charge >= 0.3 is 7.82 Å². The number of amides is 1. The Bertz CT molecular complexity index is 1570. The molecule has 0 saturated carbocycles. The van der Waals surface area contributed by atoms with Crippen LogP contribution in [0.2, 0.25) is 0 Å². The summed E-state index contributed by atoms with van der Waals surface area (Å²) in [4.78, 5) is 23.3. The fourth-order valence-corrected chi connectivity index (χ4v) is 8.99. The Labute approximate surface area is 457 Å². The third-order valence-corrected chi connectivity index (χ3v) is 13.9. The van der Waals surface area contributed by atoms with Gasteiger partial charge < -0.3 is 19.8 Å². The molecule has 426 valence electrons. The molecule has 3 unspecified atom stereocenters. The zero-order valence-electron chi connectivity index (χ0n) is 48.5. The van der Waals surface area contributed by atoms with E-state index in [1.54, 1.807) is 6.08 Å². The fraction of sp³-hybridized carbons (Fsp3) is 0.708. The smallest absolute Gasteiger partial charge is 0.387 e. The number of carbonyl (C=O) groups is 1. The average molecular weight is 1050 g/mol. The fourth-order valence-electron chi connectivity index (χ4n) is 8.25. The van der Waals surface area contributed by atoms with Crippen molar-refractivity contribution in [3.63, 3.8) is 0 Å². The molecule has 0 radical (unpaired) electrons. The molecule has 0 saturated heterocycles. The number of carbonyl (C=O) groups excluding carboxylic acids is 1. The number of hydrogen-bond acceptors (Lipinski definition) is 5. The van der Waals surface area contributed by atoms with Crippen LogP contribution in [0.4, 0.5) is 0 Å². The number of nitrogens with zero attached hydrogens (tertiary/aromatic N) is 1. The summed E-state index contributed by atoms with van der Waals surface area (Å²) >= 11 is 0. The van der Waals surface area contributed by atoms with Crippen molar-refractivity contribution in [3.8, 4) is 0 Å². The van der Waals surface area contributed by atoms with Crippen molar-refractivity contribution >= 4 is 13.7 Å². The van der Waals surface area contributed by atoms with Crippen molar-refractivity contribution in [2.24, 2.45) is 0 Å². The van der Waals surface area contributed by atoms with Crippen LogP contribution in [-0.4, -0.2) is 73.4 Å². The highest BCUT2D eigenvalue weighted by atomic mass is 31.2. The molecule has 0 aliphatic rings. The van der Waals surface area contributed by atoms with Gasteiger partial charge in [0.1, 0.15) is 13.2 Å². The van der Waals surface area contributed by atoms with Crippen molar-refractivity contribution in [1.29, 1.82) is 0 Å². The number of allylic oxidation sites excluding steroid dienone is 17. The highest BCUT2D eigenvalue weighted by Gasteiger charge is 2.27. The Balaban J connectivity index is 4.19. The SMILES string of the molecule is CC/C=C\C/C=C\C/C=C\C/C=C\C/C=C\C/C=C\CCCCCCCCCCCCCCCCC(=O)NC(COP(=O)(O)OCC[N+](C)(C)C)C(O)/C=C/CC/C=C/CC/C=C/CCCCCCCCCCC. The molecule has 0 aromatic carbocycles. The molecule has 0 aromatic rings. The van der Waals surface area contributed by atoms with E-state index in [2.05, 4.69) is 116 Å². The Kier molecular flexibility index (Phi) is 52.8. The zero-order chi connectivity index (χ0) is 54.2. The predicted molar refractivity (Wildman–Crippen MR) is 322 cm³/mol. The number of aliphatic hydroxyl groups is 1. The van der Waals surface area contributed by atoms with Gasteiger partial charge in [-0.05, 0) is 96.3 Å². The molecule has 1 amide bonds. The van der Waals surface area contributed by atoms with E-state index in [-0.39, 0.29) is 19.1 Å². The number of quaternary nitrogens is 1. The molecule has 0 aliphatic carbocycles. The summed E-state index contributed by atoms with van der Waals surface area (Å²) in [6.07, 6.45) is 80.6. The Morgan fingerprint density at radius 1 is 0.473 bits per heavy atom. The highest BCUT2D eigenvalue weighted by molar-refractivity contribution is 7.47.